The lowest BCUT2D eigenvalue weighted by Gasteiger charge is -2.30. The van der Waals surface area contributed by atoms with Crippen LogP contribution in [0, 0.1) is 18.6 Å². The number of hydrogen-bond acceptors (Lipinski definition) is 5. The highest BCUT2D eigenvalue weighted by atomic mass is 19.1. The van der Waals surface area contributed by atoms with Crippen molar-refractivity contribution >= 4 is 11.8 Å². The third-order valence-electron chi connectivity index (χ3n) is 7.55. The maximum absolute atomic E-state index is 13.9. The second kappa shape index (κ2) is 14.5. The molecule has 0 radical (unpaired) electrons. The van der Waals surface area contributed by atoms with Crippen LogP contribution in [0.1, 0.15) is 62.7 Å². The SMILES string of the molecule is CCc1cccc(CNC(Cc2cc(F)cc(F)c2)[C@H](O)CNC(=O)c2cc(C)cc(C(=O)N3CCCC(O)C3)c2)c1. The molecule has 42 heavy (non-hydrogen) atoms. The van der Waals surface area contributed by atoms with Crippen molar-refractivity contribution in [1.29, 1.82) is 0 Å². The molecule has 3 atom stereocenters. The normalized spacial score (nSPS) is 16.6. The predicted molar refractivity (Wildman–Crippen MR) is 157 cm³/mol. The van der Waals surface area contributed by atoms with Crippen LogP contribution in [0.25, 0.3) is 0 Å². The topological polar surface area (TPSA) is 102 Å². The van der Waals surface area contributed by atoms with E-state index in [-0.39, 0.29) is 31.0 Å². The molecule has 1 saturated heterocycles. The number of β-amino-alcohol motifs (C(OH)–C–C–N with tert-alkyl or cyclic N) is 1. The van der Waals surface area contributed by atoms with Gasteiger partial charge in [0, 0.05) is 49.4 Å². The number of piperidine rings is 1. The number of nitrogens with zero attached hydrogens (tertiary/aromatic N) is 1. The molecule has 1 aliphatic rings. The Morgan fingerprint density at radius 3 is 2.43 bits per heavy atom. The van der Waals surface area contributed by atoms with Gasteiger partial charge in [0.25, 0.3) is 11.8 Å². The molecule has 0 aromatic heterocycles. The number of amides is 2. The number of aliphatic hydroxyl groups is 2. The van der Waals surface area contributed by atoms with Gasteiger partial charge in [-0.2, -0.15) is 0 Å². The minimum Gasteiger partial charge on any atom is -0.391 e. The average Bonchev–Trinajstić information content (AvgIpc) is 2.96. The molecule has 224 valence electrons. The first-order chi connectivity index (χ1) is 20.1. The number of likely N-dealkylation sites (tertiary alicyclic amines) is 1. The second-order valence-corrected chi connectivity index (χ2v) is 11.1. The lowest BCUT2D eigenvalue weighted by molar-refractivity contribution is 0.0473. The maximum Gasteiger partial charge on any atom is 0.253 e. The predicted octanol–water partition coefficient (Wildman–Crippen LogP) is 3.92. The van der Waals surface area contributed by atoms with Crippen molar-refractivity contribution in [3.63, 3.8) is 0 Å². The first kappa shape index (κ1) is 31.3. The van der Waals surface area contributed by atoms with Crippen LogP contribution < -0.4 is 10.6 Å². The molecule has 7 nitrogen and oxygen atoms in total. The van der Waals surface area contributed by atoms with Crippen molar-refractivity contribution in [2.75, 3.05) is 19.6 Å². The zero-order chi connectivity index (χ0) is 30.2. The Balaban J connectivity index is 1.45. The molecule has 4 rings (SSSR count). The number of aryl methyl sites for hydroxylation is 2. The summed E-state index contributed by atoms with van der Waals surface area (Å²) >= 11 is 0. The van der Waals surface area contributed by atoms with E-state index in [1.165, 1.54) is 23.8 Å². The van der Waals surface area contributed by atoms with Gasteiger partial charge in [-0.05, 0) is 85.2 Å². The quantitative estimate of drug-likeness (QED) is 0.276. The number of benzene rings is 3. The van der Waals surface area contributed by atoms with Crippen LogP contribution in [0.15, 0.2) is 60.7 Å². The zero-order valence-electron chi connectivity index (χ0n) is 24.1. The summed E-state index contributed by atoms with van der Waals surface area (Å²) in [5.74, 6) is -2.11. The Kier molecular flexibility index (Phi) is 10.8. The Hall–Kier alpha value is -3.66. The molecule has 3 aromatic carbocycles. The molecule has 1 fully saturated rings. The molecular weight excluding hydrogens is 540 g/mol. The van der Waals surface area contributed by atoms with E-state index in [0.29, 0.717) is 37.1 Å². The van der Waals surface area contributed by atoms with Gasteiger partial charge in [-0.3, -0.25) is 9.59 Å². The fourth-order valence-corrected chi connectivity index (χ4v) is 5.34. The fraction of sp³-hybridized carbons (Fsp3) is 0.394. The largest absolute Gasteiger partial charge is 0.391 e. The van der Waals surface area contributed by atoms with Crippen LogP contribution in [-0.4, -0.2) is 64.8 Å². The van der Waals surface area contributed by atoms with Crippen LogP contribution in [-0.2, 0) is 19.4 Å². The van der Waals surface area contributed by atoms with E-state index in [9.17, 15) is 28.6 Å². The Bertz CT molecular complexity index is 1380. The van der Waals surface area contributed by atoms with Crippen LogP contribution in [0.4, 0.5) is 8.78 Å². The first-order valence-electron chi connectivity index (χ1n) is 14.4. The van der Waals surface area contributed by atoms with Gasteiger partial charge in [-0.25, -0.2) is 8.78 Å². The Morgan fingerprint density at radius 1 is 1.00 bits per heavy atom. The molecular formula is C33H39F2N3O4. The third kappa shape index (κ3) is 8.67. The Labute approximate surface area is 245 Å². The summed E-state index contributed by atoms with van der Waals surface area (Å²) in [6.45, 7) is 4.94. The molecule has 1 heterocycles. The molecule has 2 amide bonds. The van der Waals surface area contributed by atoms with Crippen molar-refractivity contribution in [3.8, 4) is 0 Å². The van der Waals surface area contributed by atoms with Gasteiger partial charge in [0.05, 0.1) is 12.2 Å². The summed E-state index contributed by atoms with van der Waals surface area (Å²) in [5.41, 5.74) is 3.90. The highest BCUT2D eigenvalue weighted by molar-refractivity contribution is 6.00. The molecule has 0 spiro atoms. The van der Waals surface area contributed by atoms with Crippen LogP contribution in [0.5, 0.6) is 0 Å². The maximum atomic E-state index is 13.9. The van der Waals surface area contributed by atoms with Gasteiger partial charge in [-0.15, -0.1) is 0 Å². The minimum atomic E-state index is -1.09. The van der Waals surface area contributed by atoms with E-state index >= 15 is 0 Å². The van der Waals surface area contributed by atoms with E-state index in [1.807, 2.05) is 18.2 Å². The number of carbonyl (C=O) groups excluding carboxylic acids is 2. The van der Waals surface area contributed by atoms with Gasteiger partial charge in [0.2, 0.25) is 0 Å². The molecule has 4 N–H and O–H groups in total. The average molecular weight is 580 g/mol. The molecule has 9 heteroatoms. The molecule has 1 aliphatic heterocycles. The highest BCUT2D eigenvalue weighted by Crippen LogP contribution is 2.18. The van der Waals surface area contributed by atoms with Crippen LogP contribution >= 0.6 is 0 Å². The van der Waals surface area contributed by atoms with Gasteiger partial charge < -0.3 is 25.7 Å². The zero-order valence-corrected chi connectivity index (χ0v) is 24.1. The van der Waals surface area contributed by atoms with Gasteiger partial charge >= 0.3 is 0 Å². The number of rotatable bonds is 11. The lowest BCUT2D eigenvalue weighted by atomic mass is 9.99. The monoisotopic (exact) mass is 579 g/mol. The van der Waals surface area contributed by atoms with E-state index in [0.717, 1.165) is 23.6 Å². The lowest BCUT2D eigenvalue weighted by Crippen LogP contribution is -2.47. The van der Waals surface area contributed by atoms with Gasteiger partial charge in [0.15, 0.2) is 0 Å². The van der Waals surface area contributed by atoms with E-state index in [2.05, 4.69) is 23.6 Å². The number of hydrogen-bond donors (Lipinski definition) is 4. The molecule has 0 aliphatic carbocycles. The summed E-state index contributed by atoms with van der Waals surface area (Å²) in [4.78, 5) is 27.8. The smallest absolute Gasteiger partial charge is 0.253 e. The number of nitrogens with one attached hydrogen (secondary N) is 2. The van der Waals surface area contributed by atoms with Gasteiger partial charge in [0.1, 0.15) is 11.6 Å². The van der Waals surface area contributed by atoms with Crippen molar-refractivity contribution < 1.29 is 28.6 Å². The number of aliphatic hydroxyl groups excluding tert-OH is 2. The molecule has 2 unspecified atom stereocenters. The summed E-state index contributed by atoms with van der Waals surface area (Å²) in [6.07, 6.45) is 0.729. The summed E-state index contributed by atoms with van der Waals surface area (Å²) in [7, 11) is 0. The van der Waals surface area contributed by atoms with Crippen molar-refractivity contribution in [2.45, 2.75) is 64.3 Å². The van der Waals surface area contributed by atoms with Gasteiger partial charge in [-0.1, -0.05) is 31.2 Å². The standard InChI is InChI=1S/C33H39F2N3O4/c1-3-22-6-4-7-23(12-22)18-36-30(15-24-13-27(34)17-28(35)14-24)31(40)19-37-32(41)25-10-21(2)11-26(16-25)33(42)38-9-5-8-29(39)20-38/h4,6-7,10-14,16-17,29-31,36,39-40H,3,5,8-9,15,18-20H2,1-2H3,(H,37,41)/t29?,30?,31-/m1/s1. The van der Waals surface area contributed by atoms with Crippen molar-refractivity contribution in [3.05, 3.63) is 106 Å². The van der Waals surface area contributed by atoms with E-state index in [4.69, 9.17) is 0 Å². The first-order valence-corrected chi connectivity index (χ1v) is 14.4. The third-order valence-corrected chi connectivity index (χ3v) is 7.55. The summed E-state index contributed by atoms with van der Waals surface area (Å²) in [5, 5.41) is 27.1. The van der Waals surface area contributed by atoms with Crippen LogP contribution in [0.2, 0.25) is 0 Å². The number of carbonyl (C=O) groups is 2. The summed E-state index contributed by atoms with van der Waals surface area (Å²) in [6, 6.07) is 15.5. The van der Waals surface area contributed by atoms with E-state index in [1.54, 1.807) is 24.0 Å². The number of halogens is 2. The van der Waals surface area contributed by atoms with Crippen LogP contribution in [0.3, 0.4) is 0 Å². The van der Waals surface area contributed by atoms with E-state index < -0.39 is 35.8 Å². The molecule has 0 saturated carbocycles. The molecule has 0 bridgehead atoms. The molecule has 3 aromatic rings. The summed E-state index contributed by atoms with van der Waals surface area (Å²) < 4.78 is 27.8. The highest BCUT2D eigenvalue weighted by Gasteiger charge is 2.25. The van der Waals surface area contributed by atoms with Crippen molar-refractivity contribution in [1.82, 2.24) is 15.5 Å². The van der Waals surface area contributed by atoms with Crippen molar-refractivity contribution in [2.24, 2.45) is 0 Å². The second-order valence-electron chi connectivity index (χ2n) is 11.1. The minimum absolute atomic E-state index is 0.126. The Morgan fingerprint density at radius 2 is 1.71 bits per heavy atom. The fourth-order valence-electron chi connectivity index (χ4n) is 5.34.